The quantitative estimate of drug-likeness (QED) is 0.702. The minimum Gasteiger partial charge on any atom is -0.382 e. The maximum absolute atomic E-state index is 12.8. The van der Waals surface area contributed by atoms with Crippen LogP contribution in [0.2, 0.25) is 0 Å². The van der Waals surface area contributed by atoms with E-state index < -0.39 is 11.9 Å². The van der Waals surface area contributed by atoms with E-state index in [-0.39, 0.29) is 11.8 Å². The number of hydrogen-bond acceptors (Lipinski definition) is 6. The molecule has 0 unspecified atom stereocenters. The number of alkyl halides is 3. The molecule has 6 nitrogen and oxygen atoms in total. The van der Waals surface area contributed by atoms with Gasteiger partial charge >= 0.3 is 6.18 Å². The first-order valence-electron chi connectivity index (χ1n) is 6.78. The molecule has 0 saturated carbocycles. The summed E-state index contributed by atoms with van der Waals surface area (Å²) in [5.74, 6) is 0.150. The predicted octanol–water partition coefficient (Wildman–Crippen LogP) is 2.03. The van der Waals surface area contributed by atoms with E-state index in [9.17, 15) is 13.2 Å². The Morgan fingerprint density at radius 3 is 2.50 bits per heavy atom. The van der Waals surface area contributed by atoms with E-state index in [0.29, 0.717) is 32.8 Å². The van der Waals surface area contributed by atoms with Crippen LogP contribution in [0.15, 0.2) is 6.07 Å². The molecule has 0 aliphatic carbocycles. The van der Waals surface area contributed by atoms with Gasteiger partial charge in [-0.2, -0.15) is 18.2 Å². The standard InChI is InChI=1S/C13H21F3N4O2/c1-20(2)11-9-10(13(14,15)16)18-12(19-11)17-5-4-6-22-8-7-21-3/h9H,4-8H2,1-3H3,(H,17,18,19). The highest BCUT2D eigenvalue weighted by atomic mass is 19.4. The molecule has 9 heteroatoms. The van der Waals surface area contributed by atoms with Crippen LogP contribution in [0, 0.1) is 0 Å². The number of ether oxygens (including phenoxy) is 2. The van der Waals surface area contributed by atoms with Gasteiger partial charge in [0.2, 0.25) is 5.95 Å². The van der Waals surface area contributed by atoms with Crippen molar-refractivity contribution in [2.45, 2.75) is 12.6 Å². The number of rotatable bonds is 9. The Morgan fingerprint density at radius 1 is 1.18 bits per heavy atom. The summed E-state index contributed by atoms with van der Waals surface area (Å²) in [4.78, 5) is 9.03. The van der Waals surface area contributed by atoms with Crippen LogP contribution >= 0.6 is 0 Å². The number of nitrogens with one attached hydrogen (secondary N) is 1. The predicted molar refractivity (Wildman–Crippen MR) is 77.2 cm³/mol. The minimum absolute atomic E-state index is 0.0459. The highest BCUT2D eigenvalue weighted by Gasteiger charge is 2.33. The summed E-state index contributed by atoms with van der Waals surface area (Å²) >= 11 is 0. The molecule has 0 amide bonds. The maximum atomic E-state index is 12.8. The van der Waals surface area contributed by atoms with Gasteiger partial charge in [0.25, 0.3) is 0 Å². The van der Waals surface area contributed by atoms with Gasteiger partial charge in [-0.1, -0.05) is 0 Å². The summed E-state index contributed by atoms with van der Waals surface area (Å²) in [5.41, 5.74) is -0.968. The first kappa shape index (κ1) is 18.4. The average Bonchev–Trinajstić information content (AvgIpc) is 2.45. The van der Waals surface area contributed by atoms with Crippen molar-refractivity contribution >= 4 is 11.8 Å². The lowest BCUT2D eigenvalue weighted by Gasteiger charge is -2.15. The van der Waals surface area contributed by atoms with Crippen LogP contribution in [0.5, 0.6) is 0 Å². The normalized spacial score (nSPS) is 11.5. The third-order valence-corrected chi connectivity index (χ3v) is 2.64. The molecule has 1 aromatic rings. The van der Waals surface area contributed by atoms with Gasteiger partial charge in [0.05, 0.1) is 13.2 Å². The molecule has 126 valence electrons. The van der Waals surface area contributed by atoms with Gasteiger partial charge in [0.1, 0.15) is 5.82 Å². The van der Waals surface area contributed by atoms with Gasteiger partial charge < -0.3 is 19.7 Å². The Bertz CT molecular complexity index is 455. The summed E-state index contributed by atoms with van der Waals surface area (Å²) < 4.78 is 48.5. The Kier molecular flexibility index (Phi) is 7.33. The molecule has 22 heavy (non-hydrogen) atoms. The van der Waals surface area contributed by atoms with Crippen molar-refractivity contribution in [2.75, 3.05) is 57.8 Å². The molecule has 0 aliphatic heterocycles. The molecule has 0 bridgehead atoms. The third kappa shape index (κ3) is 6.44. The lowest BCUT2D eigenvalue weighted by atomic mass is 10.3. The van der Waals surface area contributed by atoms with E-state index in [2.05, 4.69) is 15.3 Å². The number of halogens is 3. The molecule has 0 atom stereocenters. The molecule has 0 aromatic carbocycles. The van der Waals surface area contributed by atoms with Gasteiger partial charge in [0, 0.05) is 40.4 Å². The molecule has 1 N–H and O–H groups in total. The Balaban J connectivity index is 2.57. The minimum atomic E-state index is -4.51. The molecule has 0 radical (unpaired) electrons. The van der Waals surface area contributed by atoms with Crippen molar-refractivity contribution in [1.29, 1.82) is 0 Å². The number of aromatic nitrogens is 2. The van der Waals surface area contributed by atoms with Crippen LogP contribution in [-0.2, 0) is 15.7 Å². The second-order valence-electron chi connectivity index (χ2n) is 4.71. The monoisotopic (exact) mass is 322 g/mol. The third-order valence-electron chi connectivity index (χ3n) is 2.64. The molecule has 0 saturated heterocycles. The van der Waals surface area contributed by atoms with Crippen molar-refractivity contribution in [3.63, 3.8) is 0 Å². The van der Waals surface area contributed by atoms with E-state index in [1.807, 2.05) is 0 Å². The zero-order chi connectivity index (χ0) is 16.6. The smallest absolute Gasteiger partial charge is 0.382 e. The zero-order valence-corrected chi connectivity index (χ0v) is 12.9. The van der Waals surface area contributed by atoms with E-state index in [0.717, 1.165) is 6.07 Å². The molecule has 1 rings (SSSR count). The number of hydrogen-bond donors (Lipinski definition) is 1. The van der Waals surface area contributed by atoms with Gasteiger partial charge in [-0.15, -0.1) is 0 Å². The number of methoxy groups -OCH3 is 1. The zero-order valence-electron chi connectivity index (χ0n) is 12.9. The van der Waals surface area contributed by atoms with Crippen molar-refractivity contribution in [2.24, 2.45) is 0 Å². The molecule has 0 spiro atoms. The largest absolute Gasteiger partial charge is 0.433 e. The van der Waals surface area contributed by atoms with E-state index in [4.69, 9.17) is 9.47 Å². The Hall–Kier alpha value is -1.61. The summed E-state index contributed by atoms with van der Waals surface area (Å²) in [5, 5.41) is 2.78. The number of nitrogens with zero attached hydrogens (tertiary/aromatic N) is 3. The van der Waals surface area contributed by atoms with Crippen molar-refractivity contribution in [1.82, 2.24) is 9.97 Å². The van der Waals surface area contributed by atoms with Crippen LogP contribution in [0.25, 0.3) is 0 Å². The lowest BCUT2D eigenvalue weighted by molar-refractivity contribution is -0.141. The lowest BCUT2D eigenvalue weighted by Crippen LogP contribution is -2.18. The molecule has 0 fully saturated rings. The highest BCUT2D eigenvalue weighted by molar-refractivity contribution is 5.44. The average molecular weight is 322 g/mol. The van der Waals surface area contributed by atoms with E-state index >= 15 is 0 Å². The SMILES string of the molecule is COCCOCCCNc1nc(N(C)C)cc(C(F)(F)F)n1. The Labute approximate surface area is 127 Å². The van der Waals surface area contributed by atoms with E-state index in [1.165, 1.54) is 4.90 Å². The second-order valence-corrected chi connectivity index (χ2v) is 4.71. The molecule has 1 aromatic heterocycles. The summed E-state index contributed by atoms with van der Waals surface area (Å²) in [6.45, 7) is 1.90. The first-order valence-corrected chi connectivity index (χ1v) is 6.78. The topological polar surface area (TPSA) is 59.5 Å². The summed E-state index contributed by atoms with van der Waals surface area (Å²) in [6, 6.07) is 0.916. The first-order chi connectivity index (χ1) is 10.3. The second kappa shape index (κ2) is 8.74. The van der Waals surface area contributed by atoms with Crippen LogP contribution in [0.1, 0.15) is 12.1 Å². The van der Waals surface area contributed by atoms with Gasteiger partial charge in [-0.3, -0.25) is 0 Å². The van der Waals surface area contributed by atoms with E-state index in [1.54, 1.807) is 21.2 Å². The fourth-order valence-corrected chi connectivity index (χ4v) is 1.51. The summed E-state index contributed by atoms with van der Waals surface area (Å²) in [6.07, 6.45) is -3.88. The van der Waals surface area contributed by atoms with Gasteiger partial charge in [0.15, 0.2) is 5.69 Å². The molecular formula is C13H21F3N4O2. The fourth-order valence-electron chi connectivity index (χ4n) is 1.51. The van der Waals surface area contributed by atoms with Gasteiger partial charge in [-0.05, 0) is 6.42 Å². The van der Waals surface area contributed by atoms with Crippen molar-refractivity contribution in [3.05, 3.63) is 11.8 Å². The van der Waals surface area contributed by atoms with Gasteiger partial charge in [-0.25, -0.2) is 4.98 Å². The molecule has 0 aliphatic rings. The fraction of sp³-hybridized carbons (Fsp3) is 0.692. The van der Waals surface area contributed by atoms with Crippen LogP contribution in [0.4, 0.5) is 24.9 Å². The van der Waals surface area contributed by atoms with Crippen molar-refractivity contribution < 1.29 is 22.6 Å². The molecule has 1 heterocycles. The van der Waals surface area contributed by atoms with Crippen LogP contribution in [0.3, 0.4) is 0 Å². The van der Waals surface area contributed by atoms with Crippen LogP contribution < -0.4 is 10.2 Å². The van der Waals surface area contributed by atoms with Crippen molar-refractivity contribution in [3.8, 4) is 0 Å². The highest BCUT2D eigenvalue weighted by Crippen LogP contribution is 2.30. The number of anilines is 2. The Morgan fingerprint density at radius 2 is 1.91 bits per heavy atom. The maximum Gasteiger partial charge on any atom is 0.433 e. The molecular weight excluding hydrogens is 301 g/mol. The van der Waals surface area contributed by atoms with Crippen LogP contribution in [-0.4, -0.2) is 57.5 Å². The summed E-state index contributed by atoms with van der Waals surface area (Å²) in [7, 11) is 4.82.